The second-order valence-electron chi connectivity index (χ2n) is 4.78. The van der Waals surface area contributed by atoms with E-state index >= 15 is 0 Å². The van der Waals surface area contributed by atoms with E-state index in [9.17, 15) is 8.42 Å². The fourth-order valence-corrected chi connectivity index (χ4v) is 3.92. The highest BCUT2D eigenvalue weighted by Crippen LogP contribution is 2.22. The van der Waals surface area contributed by atoms with Crippen molar-refractivity contribution in [2.75, 3.05) is 26.7 Å². The minimum Gasteiger partial charge on any atom is -0.319 e. The summed E-state index contributed by atoms with van der Waals surface area (Å²) in [6, 6.07) is 0. The van der Waals surface area contributed by atoms with Crippen molar-refractivity contribution in [2.45, 2.75) is 17.7 Å². The number of piperidine rings is 1. The normalized spacial score (nSPS) is 22.2. The lowest BCUT2D eigenvalue weighted by atomic mass is 10.00. The molecule has 0 radical (unpaired) electrons. The van der Waals surface area contributed by atoms with Crippen molar-refractivity contribution in [2.24, 2.45) is 13.0 Å². The SMILES string of the molecule is CNC[C@H]1CCCN(S(=O)(=O)c2cnn(C)c2)C1. The molecular weight excluding hydrogens is 252 g/mol. The molecule has 1 aromatic rings. The van der Waals surface area contributed by atoms with Crippen molar-refractivity contribution in [1.82, 2.24) is 19.4 Å². The van der Waals surface area contributed by atoms with Gasteiger partial charge in [0.15, 0.2) is 0 Å². The lowest BCUT2D eigenvalue weighted by Crippen LogP contribution is -2.42. The zero-order valence-electron chi connectivity index (χ0n) is 10.8. The summed E-state index contributed by atoms with van der Waals surface area (Å²) in [6.45, 7) is 2.06. The van der Waals surface area contributed by atoms with Gasteiger partial charge in [0.05, 0.1) is 6.20 Å². The Morgan fingerprint density at radius 1 is 1.56 bits per heavy atom. The van der Waals surface area contributed by atoms with E-state index in [2.05, 4.69) is 10.4 Å². The van der Waals surface area contributed by atoms with Crippen molar-refractivity contribution in [1.29, 1.82) is 0 Å². The quantitative estimate of drug-likeness (QED) is 0.840. The summed E-state index contributed by atoms with van der Waals surface area (Å²) in [5.41, 5.74) is 0. The summed E-state index contributed by atoms with van der Waals surface area (Å²) < 4.78 is 27.9. The second kappa shape index (κ2) is 5.38. The fourth-order valence-electron chi connectivity index (χ4n) is 2.38. The molecule has 7 heteroatoms. The Labute approximate surface area is 108 Å². The number of nitrogens with one attached hydrogen (secondary N) is 1. The first-order chi connectivity index (χ1) is 8.54. The molecule has 0 amide bonds. The molecule has 1 aromatic heterocycles. The van der Waals surface area contributed by atoms with Gasteiger partial charge in [-0.25, -0.2) is 8.42 Å². The Kier molecular flexibility index (Phi) is 4.04. The van der Waals surface area contributed by atoms with Crippen molar-refractivity contribution < 1.29 is 8.42 Å². The van der Waals surface area contributed by atoms with Crippen LogP contribution in [0.25, 0.3) is 0 Å². The number of hydrogen-bond acceptors (Lipinski definition) is 4. The average Bonchev–Trinajstić information content (AvgIpc) is 2.77. The van der Waals surface area contributed by atoms with Crippen LogP contribution in [0.3, 0.4) is 0 Å². The zero-order valence-corrected chi connectivity index (χ0v) is 11.7. The number of aromatic nitrogens is 2. The van der Waals surface area contributed by atoms with Gasteiger partial charge in [-0.05, 0) is 32.4 Å². The predicted molar refractivity (Wildman–Crippen MR) is 68.6 cm³/mol. The first-order valence-corrected chi connectivity index (χ1v) is 7.61. The third-order valence-electron chi connectivity index (χ3n) is 3.29. The lowest BCUT2D eigenvalue weighted by Gasteiger charge is -2.31. The van der Waals surface area contributed by atoms with Crippen LogP contribution in [-0.4, -0.2) is 49.2 Å². The van der Waals surface area contributed by atoms with Crippen molar-refractivity contribution in [3.63, 3.8) is 0 Å². The molecule has 0 aromatic carbocycles. The zero-order chi connectivity index (χ0) is 13.2. The van der Waals surface area contributed by atoms with Crippen LogP contribution in [0.5, 0.6) is 0 Å². The Morgan fingerprint density at radius 2 is 2.33 bits per heavy atom. The van der Waals surface area contributed by atoms with Gasteiger partial charge in [-0.3, -0.25) is 4.68 Å². The third kappa shape index (κ3) is 2.73. The summed E-state index contributed by atoms with van der Waals surface area (Å²) in [5, 5.41) is 7.05. The molecule has 6 nitrogen and oxygen atoms in total. The minimum absolute atomic E-state index is 0.287. The molecule has 1 saturated heterocycles. The number of rotatable bonds is 4. The molecule has 0 spiro atoms. The highest BCUT2D eigenvalue weighted by Gasteiger charge is 2.30. The minimum atomic E-state index is -3.37. The van der Waals surface area contributed by atoms with E-state index in [1.165, 1.54) is 10.9 Å². The molecule has 2 heterocycles. The van der Waals surface area contributed by atoms with Gasteiger partial charge in [-0.2, -0.15) is 9.40 Å². The Bertz CT molecular complexity index is 495. The summed E-state index contributed by atoms with van der Waals surface area (Å²) in [5.74, 6) is 0.398. The monoisotopic (exact) mass is 272 g/mol. The van der Waals surface area contributed by atoms with Crippen LogP contribution in [0.2, 0.25) is 0 Å². The van der Waals surface area contributed by atoms with Crippen molar-refractivity contribution in [3.05, 3.63) is 12.4 Å². The smallest absolute Gasteiger partial charge is 0.246 e. The molecule has 102 valence electrons. The maximum Gasteiger partial charge on any atom is 0.246 e. The van der Waals surface area contributed by atoms with Gasteiger partial charge in [0, 0.05) is 26.3 Å². The summed E-state index contributed by atoms with van der Waals surface area (Å²) in [7, 11) is 0.248. The molecule has 0 saturated carbocycles. The summed E-state index contributed by atoms with van der Waals surface area (Å²) in [4.78, 5) is 0.287. The highest BCUT2D eigenvalue weighted by molar-refractivity contribution is 7.89. The van der Waals surface area contributed by atoms with Gasteiger partial charge < -0.3 is 5.32 Å². The Hall–Kier alpha value is -0.920. The summed E-state index contributed by atoms with van der Waals surface area (Å²) >= 11 is 0. The van der Waals surface area contributed by atoms with E-state index in [1.54, 1.807) is 17.5 Å². The standard InChI is InChI=1S/C11H20N4O2S/c1-12-6-10-4-3-5-15(8-10)18(16,17)11-7-13-14(2)9-11/h7,9-10,12H,3-6,8H2,1-2H3/t10-/m1/s1. The third-order valence-corrected chi connectivity index (χ3v) is 5.11. The van der Waals surface area contributed by atoms with Gasteiger partial charge in [-0.15, -0.1) is 0 Å². The number of hydrogen-bond donors (Lipinski definition) is 1. The van der Waals surface area contributed by atoms with E-state index in [-0.39, 0.29) is 4.90 Å². The van der Waals surface area contributed by atoms with Crippen LogP contribution >= 0.6 is 0 Å². The number of nitrogens with zero attached hydrogens (tertiary/aromatic N) is 3. The van der Waals surface area contributed by atoms with Crippen molar-refractivity contribution in [3.8, 4) is 0 Å². The van der Waals surface area contributed by atoms with Gasteiger partial charge in [0.2, 0.25) is 10.0 Å². The lowest BCUT2D eigenvalue weighted by molar-refractivity contribution is 0.263. The molecule has 1 N–H and O–H groups in total. The van der Waals surface area contributed by atoms with E-state index in [0.717, 1.165) is 19.4 Å². The van der Waals surface area contributed by atoms with E-state index in [1.807, 2.05) is 7.05 Å². The Balaban J connectivity index is 2.15. The first-order valence-electron chi connectivity index (χ1n) is 6.17. The molecule has 2 rings (SSSR count). The number of aryl methyl sites for hydroxylation is 1. The van der Waals surface area contributed by atoms with Crippen LogP contribution in [0.4, 0.5) is 0 Å². The maximum absolute atomic E-state index is 12.4. The second-order valence-corrected chi connectivity index (χ2v) is 6.72. The molecule has 1 fully saturated rings. The molecule has 1 atom stereocenters. The molecule has 0 unspecified atom stereocenters. The molecule has 0 bridgehead atoms. The van der Waals surface area contributed by atoms with Crippen LogP contribution < -0.4 is 5.32 Å². The predicted octanol–water partition coefficient (Wildman–Crippen LogP) is 0.0402. The van der Waals surface area contributed by atoms with Crippen LogP contribution in [0.1, 0.15) is 12.8 Å². The number of sulfonamides is 1. The van der Waals surface area contributed by atoms with Gasteiger partial charge >= 0.3 is 0 Å². The average molecular weight is 272 g/mol. The maximum atomic E-state index is 12.4. The van der Waals surface area contributed by atoms with Crippen LogP contribution in [-0.2, 0) is 17.1 Å². The van der Waals surface area contributed by atoms with Crippen LogP contribution in [0.15, 0.2) is 17.3 Å². The van der Waals surface area contributed by atoms with Crippen LogP contribution in [0, 0.1) is 5.92 Å². The van der Waals surface area contributed by atoms with Gasteiger partial charge in [0.25, 0.3) is 0 Å². The summed E-state index contributed by atoms with van der Waals surface area (Å²) in [6.07, 6.45) is 4.97. The van der Waals surface area contributed by atoms with Gasteiger partial charge in [-0.1, -0.05) is 0 Å². The molecule has 0 aliphatic carbocycles. The largest absolute Gasteiger partial charge is 0.319 e. The first kappa shape index (κ1) is 13.5. The van der Waals surface area contributed by atoms with Crippen molar-refractivity contribution >= 4 is 10.0 Å². The van der Waals surface area contributed by atoms with Gasteiger partial charge in [0.1, 0.15) is 4.90 Å². The Morgan fingerprint density at radius 3 is 2.94 bits per heavy atom. The van der Waals surface area contributed by atoms with E-state index < -0.39 is 10.0 Å². The molecular formula is C11H20N4O2S. The highest BCUT2D eigenvalue weighted by atomic mass is 32.2. The molecule has 1 aliphatic heterocycles. The molecule has 1 aliphatic rings. The van der Waals surface area contributed by atoms with E-state index in [4.69, 9.17) is 0 Å². The molecule has 18 heavy (non-hydrogen) atoms. The fraction of sp³-hybridized carbons (Fsp3) is 0.727. The topological polar surface area (TPSA) is 67.2 Å². The van der Waals surface area contributed by atoms with E-state index in [0.29, 0.717) is 19.0 Å².